The molecule has 0 amide bonds. The Morgan fingerprint density at radius 2 is 1.94 bits per heavy atom. The van der Waals surface area contributed by atoms with Crippen LogP contribution in [0.15, 0.2) is 47.6 Å². The van der Waals surface area contributed by atoms with Gasteiger partial charge in [-0.1, -0.05) is 6.07 Å². The lowest BCUT2D eigenvalue weighted by molar-refractivity contribution is 0.600. The molecule has 0 bridgehead atoms. The Labute approximate surface area is 98.6 Å². The quantitative estimate of drug-likeness (QED) is 0.841. The Morgan fingerprint density at radius 3 is 2.53 bits per heavy atom. The van der Waals surface area contributed by atoms with E-state index < -0.39 is 10.0 Å². The van der Waals surface area contributed by atoms with Gasteiger partial charge in [0.1, 0.15) is 16.5 Å². The molecular formula is C10H10N4O2S. The zero-order valence-corrected chi connectivity index (χ0v) is 9.55. The molecule has 2 aromatic heterocycles. The molecule has 3 N–H and O–H groups in total. The molecule has 7 heteroatoms. The molecule has 0 saturated carbocycles. The third-order valence-corrected chi connectivity index (χ3v) is 3.31. The van der Waals surface area contributed by atoms with E-state index in [4.69, 9.17) is 5.73 Å². The number of rotatable bonds is 3. The van der Waals surface area contributed by atoms with Gasteiger partial charge in [0.2, 0.25) is 0 Å². The molecule has 0 radical (unpaired) electrons. The van der Waals surface area contributed by atoms with Crippen molar-refractivity contribution in [3.63, 3.8) is 0 Å². The van der Waals surface area contributed by atoms with Gasteiger partial charge < -0.3 is 5.73 Å². The highest BCUT2D eigenvalue weighted by atomic mass is 32.2. The summed E-state index contributed by atoms with van der Waals surface area (Å²) in [7, 11) is -3.66. The Bertz CT molecular complexity index is 596. The van der Waals surface area contributed by atoms with Crippen LogP contribution in [0.1, 0.15) is 0 Å². The predicted molar refractivity (Wildman–Crippen MR) is 63.7 cm³/mol. The highest BCUT2D eigenvalue weighted by Gasteiger charge is 2.14. The largest absolute Gasteiger partial charge is 0.384 e. The van der Waals surface area contributed by atoms with Crippen molar-refractivity contribution in [3.8, 4) is 0 Å². The lowest BCUT2D eigenvalue weighted by Gasteiger charge is -2.06. The van der Waals surface area contributed by atoms with Crippen molar-refractivity contribution in [2.45, 2.75) is 4.90 Å². The Balaban J connectivity index is 2.29. The summed E-state index contributed by atoms with van der Waals surface area (Å²) < 4.78 is 26.1. The number of hydrogen-bond acceptors (Lipinski definition) is 5. The second-order valence-electron chi connectivity index (χ2n) is 3.24. The van der Waals surface area contributed by atoms with Crippen LogP contribution in [0, 0.1) is 0 Å². The van der Waals surface area contributed by atoms with E-state index in [0.717, 1.165) is 0 Å². The summed E-state index contributed by atoms with van der Waals surface area (Å²) in [6.07, 6.45) is 2.69. The molecule has 17 heavy (non-hydrogen) atoms. The average Bonchev–Trinajstić information content (AvgIpc) is 2.30. The summed E-state index contributed by atoms with van der Waals surface area (Å²) >= 11 is 0. The number of hydrogen-bond donors (Lipinski definition) is 2. The molecule has 0 aliphatic carbocycles. The zero-order chi connectivity index (χ0) is 12.3. The molecule has 2 rings (SSSR count). The number of anilines is 2. The fraction of sp³-hybridized carbons (Fsp3) is 0. The smallest absolute Gasteiger partial charge is 0.264 e. The molecule has 0 unspecified atom stereocenters. The SMILES string of the molecule is Nc1ccc(S(=O)(=O)Nc2ccccn2)cn1. The van der Waals surface area contributed by atoms with Crippen LogP contribution in [0.3, 0.4) is 0 Å². The minimum absolute atomic E-state index is 0.0392. The van der Waals surface area contributed by atoms with Crippen LogP contribution in [-0.4, -0.2) is 18.4 Å². The number of nitrogens with one attached hydrogen (secondary N) is 1. The van der Waals surface area contributed by atoms with Crippen LogP contribution in [-0.2, 0) is 10.0 Å². The summed E-state index contributed by atoms with van der Waals surface area (Å²) in [6.45, 7) is 0. The minimum Gasteiger partial charge on any atom is -0.384 e. The molecule has 88 valence electrons. The van der Waals surface area contributed by atoms with Gasteiger partial charge in [-0.15, -0.1) is 0 Å². The van der Waals surface area contributed by atoms with Gasteiger partial charge >= 0.3 is 0 Å². The summed E-state index contributed by atoms with van der Waals surface area (Å²) in [6, 6.07) is 7.75. The van der Waals surface area contributed by atoms with Crippen LogP contribution < -0.4 is 10.5 Å². The molecule has 0 aliphatic heterocycles. The molecule has 2 aromatic rings. The third-order valence-electron chi connectivity index (χ3n) is 1.97. The molecule has 0 fully saturated rings. The maximum absolute atomic E-state index is 11.9. The molecule has 0 spiro atoms. The highest BCUT2D eigenvalue weighted by Crippen LogP contribution is 2.13. The van der Waals surface area contributed by atoms with Gasteiger partial charge in [0.25, 0.3) is 10.0 Å². The summed E-state index contributed by atoms with van der Waals surface area (Å²) in [5.41, 5.74) is 5.38. The Kier molecular flexibility index (Phi) is 2.92. The normalized spacial score (nSPS) is 11.1. The second kappa shape index (κ2) is 4.38. The number of nitrogens with two attached hydrogens (primary N) is 1. The van der Waals surface area contributed by atoms with Crippen LogP contribution >= 0.6 is 0 Å². The van der Waals surface area contributed by atoms with Crippen LogP contribution in [0.5, 0.6) is 0 Å². The van der Waals surface area contributed by atoms with E-state index in [2.05, 4.69) is 14.7 Å². The lowest BCUT2D eigenvalue weighted by Crippen LogP contribution is -2.14. The molecule has 0 atom stereocenters. The molecule has 2 heterocycles. The van der Waals surface area contributed by atoms with Crippen molar-refractivity contribution in [1.82, 2.24) is 9.97 Å². The van der Waals surface area contributed by atoms with E-state index in [0.29, 0.717) is 0 Å². The number of aromatic nitrogens is 2. The first-order valence-electron chi connectivity index (χ1n) is 4.73. The van der Waals surface area contributed by atoms with Crippen LogP contribution in [0.4, 0.5) is 11.6 Å². The molecular weight excluding hydrogens is 240 g/mol. The fourth-order valence-electron chi connectivity index (χ4n) is 1.17. The maximum Gasteiger partial charge on any atom is 0.264 e. The molecule has 6 nitrogen and oxygen atoms in total. The minimum atomic E-state index is -3.66. The first kappa shape index (κ1) is 11.3. The maximum atomic E-state index is 11.9. The van der Waals surface area contributed by atoms with Crippen molar-refractivity contribution in [2.24, 2.45) is 0 Å². The number of nitrogens with zero attached hydrogens (tertiary/aromatic N) is 2. The number of sulfonamides is 1. The van der Waals surface area contributed by atoms with Gasteiger partial charge in [0.05, 0.1) is 0 Å². The van der Waals surface area contributed by atoms with Gasteiger partial charge in [0.15, 0.2) is 0 Å². The first-order valence-corrected chi connectivity index (χ1v) is 6.22. The molecule has 0 aromatic carbocycles. The standard InChI is InChI=1S/C10H10N4O2S/c11-9-5-4-8(7-13-9)17(15,16)14-10-3-1-2-6-12-10/h1-7H,(H2,11,13)(H,12,14). The lowest BCUT2D eigenvalue weighted by atomic mass is 10.5. The monoisotopic (exact) mass is 250 g/mol. The Hall–Kier alpha value is -2.15. The van der Waals surface area contributed by atoms with Gasteiger partial charge in [-0.25, -0.2) is 18.4 Å². The molecule has 0 aliphatic rings. The average molecular weight is 250 g/mol. The topological polar surface area (TPSA) is 98.0 Å². The number of nitrogen functional groups attached to an aromatic ring is 1. The number of pyridine rings is 2. The summed E-state index contributed by atoms with van der Waals surface area (Å²) in [5, 5.41) is 0. The van der Waals surface area contributed by atoms with Gasteiger partial charge in [0, 0.05) is 12.4 Å². The van der Waals surface area contributed by atoms with Gasteiger partial charge in [-0.2, -0.15) is 0 Å². The second-order valence-corrected chi connectivity index (χ2v) is 4.92. The zero-order valence-electron chi connectivity index (χ0n) is 8.74. The fourth-order valence-corrected chi connectivity index (χ4v) is 2.12. The first-order chi connectivity index (χ1) is 8.08. The van der Waals surface area contributed by atoms with Gasteiger partial charge in [-0.05, 0) is 24.3 Å². The van der Waals surface area contributed by atoms with E-state index in [1.165, 1.54) is 24.5 Å². The highest BCUT2D eigenvalue weighted by molar-refractivity contribution is 7.92. The van der Waals surface area contributed by atoms with Crippen molar-refractivity contribution in [2.75, 3.05) is 10.5 Å². The van der Waals surface area contributed by atoms with E-state index >= 15 is 0 Å². The van der Waals surface area contributed by atoms with E-state index in [-0.39, 0.29) is 16.5 Å². The predicted octanol–water partition coefficient (Wildman–Crippen LogP) is 0.860. The summed E-state index contributed by atoms with van der Waals surface area (Å²) in [5.74, 6) is 0.520. The van der Waals surface area contributed by atoms with Crippen molar-refractivity contribution in [3.05, 3.63) is 42.7 Å². The van der Waals surface area contributed by atoms with Crippen molar-refractivity contribution >= 4 is 21.7 Å². The van der Waals surface area contributed by atoms with Crippen molar-refractivity contribution < 1.29 is 8.42 Å². The van der Waals surface area contributed by atoms with Crippen molar-refractivity contribution in [1.29, 1.82) is 0 Å². The summed E-state index contributed by atoms with van der Waals surface area (Å²) in [4.78, 5) is 7.64. The third kappa shape index (κ3) is 2.70. The van der Waals surface area contributed by atoms with E-state index in [9.17, 15) is 8.42 Å². The molecule has 0 saturated heterocycles. The van der Waals surface area contributed by atoms with Crippen LogP contribution in [0.25, 0.3) is 0 Å². The van der Waals surface area contributed by atoms with Crippen LogP contribution in [0.2, 0.25) is 0 Å². The van der Waals surface area contributed by atoms with E-state index in [1.54, 1.807) is 18.2 Å². The Morgan fingerprint density at radius 1 is 1.12 bits per heavy atom. The van der Waals surface area contributed by atoms with Gasteiger partial charge in [-0.3, -0.25) is 4.72 Å². The van der Waals surface area contributed by atoms with E-state index in [1.807, 2.05) is 0 Å².